The van der Waals surface area contributed by atoms with Crippen LogP contribution in [0.15, 0.2) is 47.4 Å². The summed E-state index contributed by atoms with van der Waals surface area (Å²) < 4.78 is 49.6. The molecule has 0 saturated carbocycles. The van der Waals surface area contributed by atoms with Crippen LogP contribution in [0.5, 0.6) is 0 Å². The summed E-state index contributed by atoms with van der Waals surface area (Å²) in [7, 11) is -3.37. The van der Waals surface area contributed by atoms with Crippen molar-refractivity contribution in [2.75, 3.05) is 18.1 Å². The van der Waals surface area contributed by atoms with Crippen LogP contribution in [0.4, 0.5) is 14.5 Å². The molecule has 8 heteroatoms. The Morgan fingerprint density at radius 3 is 2.52 bits per heavy atom. The number of hydrogen-bond donors (Lipinski definition) is 2. The molecule has 0 unspecified atom stereocenters. The highest BCUT2D eigenvalue weighted by atomic mass is 32.2. The van der Waals surface area contributed by atoms with E-state index in [1.807, 2.05) is 0 Å². The Morgan fingerprint density at radius 2 is 1.88 bits per heavy atom. The van der Waals surface area contributed by atoms with E-state index in [9.17, 15) is 22.0 Å². The summed E-state index contributed by atoms with van der Waals surface area (Å²) in [6, 6.07) is 8.62. The van der Waals surface area contributed by atoms with E-state index in [1.54, 1.807) is 13.0 Å². The Kier molecular flexibility index (Phi) is 5.86. The molecule has 25 heavy (non-hydrogen) atoms. The molecule has 2 N–H and O–H groups in total. The first-order chi connectivity index (χ1) is 11.7. The maximum Gasteiger partial charge on any atom is 0.238 e. The van der Waals surface area contributed by atoms with Crippen molar-refractivity contribution < 1.29 is 22.0 Å². The number of hydrogen-bond acceptors (Lipinski definition) is 4. The number of nitrogens with one attached hydrogen (secondary N) is 2. The summed E-state index contributed by atoms with van der Waals surface area (Å²) in [5.74, 6) is -1.78. The van der Waals surface area contributed by atoms with Crippen LogP contribution in [0.2, 0.25) is 0 Å². The predicted octanol–water partition coefficient (Wildman–Crippen LogP) is 2.66. The highest BCUT2D eigenvalue weighted by Crippen LogP contribution is 2.18. The summed E-state index contributed by atoms with van der Waals surface area (Å²) in [6.07, 6.45) is 1.08. The normalized spacial score (nSPS) is 12.6. The number of sulfone groups is 1. The Balaban J connectivity index is 1.97. The highest BCUT2D eigenvalue weighted by Gasteiger charge is 2.13. The zero-order valence-electron chi connectivity index (χ0n) is 13.7. The predicted molar refractivity (Wildman–Crippen MR) is 91.0 cm³/mol. The molecule has 0 saturated heterocycles. The lowest BCUT2D eigenvalue weighted by molar-refractivity contribution is -0.115. The summed E-state index contributed by atoms with van der Waals surface area (Å²) >= 11 is 0. The van der Waals surface area contributed by atoms with Gasteiger partial charge in [-0.3, -0.25) is 4.79 Å². The molecule has 1 amide bonds. The number of benzene rings is 2. The molecular formula is C17H18F2N2O3S. The molecule has 0 aliphatic carbocycles. The third kappa shape index (κ3) is 5.33. The minimum absolute atomic E-state index is 0.0972. The van der Waals surface area contributed by atoms with Crippen LogP contribution in [0, 0.1) is 11.6 Å². The zero-order chi connectivity index (χ0) is 18.6. The molecule has 2 aromatic rings. The fourth-order valence-corrected chi connectivity index (χ4v) is 2.88. The van der Waals surface area contributed by atoms with Gasteiger partial charge >= 0.3 is 0 Å². The largest absolute Gasteiger partial charge is 0.325 e. The zero-order valence-corrected chi connectivity index (χ0v) is 14.5. The van der Waals surface area contributed by atoms with E-state index in [2.05, 4.69) is 10.6 Å². The Bertz CT molecular complexity index is 885. The SMILES string of the molecule is C[C@H](NCC(=O)Nc1cccc(S(C)(=O)=O)c1)c1ccc(F)cc1F. The van der Waals surface area contributed by atoms with Crippen molar-refractivity contribution in [3.05, 3.63) is 59.7 Å². The minimum Gasteiger partial charge on any atom is -0.325 e. The van der Waals surface area contributed by atoms with Gasteiger partial charge in [-0.2, -0.15) is 0 Å². The molecule has 134 valence electrons. The first-order valence-corrected chi connectivity index (χ1v) is 9.34. The van der Waals surface area contributed by atoms with E-state index in [0.717, 1.165) is 18.4 Å². The van der Waals surface area contributed by atoms with Gasteiger partial charge in [0.15, 0.2) is 9.84 Å². The van der Waals surface area contributed by atoms with Crippen molar-refractivity contribution in [1.29, 1.82) is 0 Å². The molecule has 0 heterocycles. The third-order valence-corrected chi connectivity index (χ3v) is 4.65. The van der Waals surface area contributed by atoms with Crippen LogP contribution < -0.4 is 10.6 Å². The number of halogens is 2. The quantitative estimate of drug-likeness (QED) is 0.822. The van der Waals surface area contributed by atoms with Crippen molar-refractivity contribution in [1.82, 2.24) is 5.32 Å². The summed E-state index contributed by atoms with van der Waals surface area (Å²) in [4.78, 5) is 12.1. The number of amides is 1. The lowest BCUT2D eigenvalue weighted by atomic mass is 10.1. The van der Waals surface area contributed by atoms with Gasteiger partial charge in [-0.1, -0.05) is 12.1 Å². The number of carbonyl (C=O) groups excluding carboxylic acids is 1. The second-order valence-electron chi connectivity index (χ2n) is 5.62. The number of anilines is 1. The Morgan fingerprint density at radius 1 is 1.16 bits per heavy atom. The molecule has 0 spiro atoms. The van der Waals surface area contributed by atoms with Crippen LogP contribution in [0.25, 0.3) is 0 Å². The average Bonchev–Trinajstić information content (AvgIpc) is 2.52. The van der Waals surface area contributed by atoms with Crippen molar-refractivity contribution in [2.45, 2.75) is 17.9 Å². The summed E-state index contributed by atoms with van der Waals surface area (Å²) in [6.45, 7) is 1.52. The van der Waals surface area contributed by atoms with Gasteiger partial charge in [-0.15, -0.1) is 0 Å². The molecule has 2 rings (SSSR count). The van der Waals surface area contributed by atoms with Crippen LogP contribution in [-0.2, 0) is 14.6 Å². The van der Waals surface area contributed by atoms with Gasteiger partial charge in [0.1, 0.15) is 11.6 Å². The van der Waals surface area contributed by atoms with Gasteiger partial charge in [0, 0.05) is 29.6 Å². The topological polar surface area (TPSA) is 75.3 Å². The Labute approximate surface area is 145 Å². The maximum absolute atomic E-state index is 13.7. The van der Waals surface area contributed by atoms with E-state index >= 15 is 0 Å². The molecule has 0 bridgehead atoms. The van der Waals surface area contributed by atoms with Crippen molar-refractivity contribution in [3.63, 3.8) is 0 Å². The molecule has 0 aliphatic rings. The second-order valence-corrected chi connectivity index (χ2v) is 7.63. The maximum atomic E-state index is 13.7. The van der Waals surface area contributed by atoms with Gasteiger partial charge < -0.3 is 10.6 Å². The lowest BCUT2D eigenvalue weighted by Crippen LogP contribution is -2.30. The van der Waals surface area contributed by atoms with Gasteiger partial charge in [0.2, 0.25) is 5.91 Å². The van der Waals surface area contributed by atoms with E-state index < -0.39 is 33.4 Å². The first-order valence-electron chi connectivity index (χ1n) is 7.45. The van der Waals surface area contributed by atoms with Crippen molar-refractivity contribution >= 4 is 21.4 Å². The van der Waals surface area contributed by atoms with Crippen LogP contribution in [0.1, 0.15) is 18.5 Å². The average molecular weight is 368 g/mol. The molecule has 1 atom stereocenters. The van der Waals surface area contributed by atoms with Crippen molar-refractivity contribution in [3.8, 4) is 0 Å². The molecule has 0 aliphatic heterocycles. The van der Waals surface area contributed by atoms with Gasteiger partial charge in [0.25, 0.3) is 0 Å². The monoisotopic (exact) mass is 368 g/mol. The molecule has 2 aromatic carbocycles. The van der Waals surface area contributed by atoms with Crippen LogP contribution >= 0.6 is 0 Å². The summed E-state index contributed by atoms with van der Waals surface area (Å²) in [5, 5.41) is 5.40. The molecular weight excluding hydrogens is 350 g/mol. The smallest absolute Gasteiger partial charge is 0.238 e. The van der Waals surface area contributed by atoms with Crippen LogP contribution in [0.3, 0.4) is 0 Å². The molecule has 0 radical (unpaired) electrons. The first kappa shape index (κ1) is 19.0. The highest BCUT2D eigenvalue weighted by molar-refractivity contribution is 7.90. The number of carbonyl (C=O) groups is 1. The van der Waals surface area contributed by atoms with E-state index in [0.29, 0.717) is 5.69 Å². The van der Waals surface area contributed by atoms with E-state index in [1.165, 1.54) is 24.3 Å². The lowest BCUT2D eigenvalue weighted by Gasteiger charge is -2.15. The van der Waals surface area contributed by atoms with Crippen molar-refractivity contribution in [2.24, 2.45) is 0 Å². The third-order valence-electron chi connectivity index (χ3n) is 3.54. The van der Waals surface area contributed by atoms with Crippen LogP contribution in [-0.4, -0.2) is 27.1 Å². The second kappa shape index (κ2) is 7.71. The van der Waals surface area contributed by atoms with Gasteiger partial charge in [0.05, 0.1) is 11.4 Å². The number of rotatable bonds is 6. The molecule has 5 nitrogen and oxygen atoms in total. The molecule has 0 fully saturated rings. The Hall–Kier alpha value is -2.32. The van der Waals surface area contributed by atoms with Gasteiger partial charge in [-0.05, 0) is 31.2 Å². The van der Waals surface area contributed by atoms with E-state index in [4.69, 9.17) is 0 Å². The molecule has 0 aromatic heterocycles. The minimum atomic E-state index is -3.37. The fourth-order valence-electron chi connectivity index (χ4n) is 2.22. The van der Waals surface area contributed by atoms with E-state index in [-0.39, 0.29) is 17.0 Å². The standard InChI is InChI=1S/C17H18F2N2O3S/c1-11(15-7-6-12(18)8-16(15)19)20-10-17(22)21-13-4-3-5-14(9-13)25(2,23)24/h3-9,11,20H,10H2,1-2H3,(H,21,22)/t11-/m0/s1. The fraction of sp³-hybridized carbons (Fsp3) is 0.235. The summed E-state index contributed by atoms with van der Waals surface area (Å²) in [5.41, 5.74) is 0.587. The van der Waals surface area contributed by atoms with Gasteiger partial charge in [-0.25, -0.2) is 17.2 Å².